The van der Waals surface area contributed by atoms with Crippen LogP contribution in [0.2, 0.25) is 0 Å². The van der Waals surface area contributed by atoms with Crippen LogP contribution in [0.15, 0.2) is 54.6 Å². The van der Waals surface area contributed by atoms with Crippen molar-refractivity contribution >= 4 is 23.2 Å². The van der Waals surface area contributed by atoms with Gasteiger partial charge >= 0.3 is 0 Å². The molecule has 0 aliphatic heterocycles. The van der Waals surface area contributed by atoms with E-state index in [2.05, 4.69) is 78.2 Å². The van der Waals surface area contributed by atoms with Gasteiger partial charge in [-0.1, -0.05) is 100 Å². The molecule has 2 heteroatoms. The maximum atomic E-state index is 4.85. The molecule has 0 amide bonds. The number of benzene rings is 2. The normalized spacial score (nSPS) is 11.6. The summed E-state index contributed by atoms with van der Waals surface area (Å²) in [6.45, 7) is 3.32. The third-order valence-electron chi connectivity index (χ3n) is 5.14. The minimum Gasteiger partial charge on any atom is -0.324 e. The third-order valence-corrected chi connectivity index (χ3v) is 5.14. The fourth-order valence-corrected chi connectivity index (χ4v) is 3.60. The molecule has 0 bridgehead atoms. The van der Waals surface area contributed by atoms with Crippen LogP contribution in [0.4, 0.5) is 0 Å². The quantitative estimate of drug-likeness (QED) is 0.327. The van der Waals surface area contributed by atoms with Crippen molar-refractivity contribution in [2.45, 2.75) is 64.8 Å². The molecule has 0 N–H and O–H groups in total. The third kappa shape index (κ3) is 5.82. The standard InChI is InChI=1S/C25H32N2/c1-2-3-4-5-6-7-8-14-21-27-24-18-13-12-17-23(24)26-25(27)20-19-22-15-10-9-11-16-22/h9-13,15-20H,2-8,14,21H2,1H3/b20-19+. The summed E-state index contributed by atoms with van der Waals surface area (Å²) in [6.07, 6.45) is 15.1. The summed E-state index contributed by atoms with van der Waals surface area (Å²) in [5.41, 5.74) is 3.54. The molecule has 0 aliphatic carbocycles. The van der Waals surface area contributed by atoms with Crippen LogP contribution in [0.1, 0.15) is 69.7 Å². The number of nitrogens with zero attached hydrogens (tertiary/aromatic N) is 2. The molecule has 0 radical (unpaired) electrons. The van der Waals surface area contributed by atoms with Crippen molar-refractivity contribution in [3.63, 3.8) is 0 Å². The van der Waals surface area contributed by atoms with Crippen molar-refractivity contribution in [2.75, 3.05) is 0 Å². The zero-order valence-corrected chi connectivity index (χ0v) is 16.6. The molecule has 3 aromatic rings. The lowest BCUT2D eigenvalue weighted by Gasteiger charge is -2.07. The van der Waals surface area contributed by atoms with Crippen LogP contribution in [0.3, 0.4) is 0 Å². The first-order valence-corrected chi connectivity index (χ1v) is 10.6. The van der Waals surface area contributed by atoms with Gasteiger partial charge in [-0.2, -0.15) is 0 Å². The van der Waals surface area contributed by atoms with Gasteiger partial charge in [0.25, 0.3) is 0 Å². The van der Waals surface area contributed by atoms with E-state index in [1.54, 1.807) is 0 Å². The molecule has 0 spiro atoms. The van der Waals surface area contributed by atoms with Gasteiger partial charge in [0.15, 0.2) is 0 Å². The first-order chi connectivity index (χ1) is 13.4. The van der Waals surface area contributed by atoms with Crippen molar-refractivity contribution in [1.82, 2.24) is 9.55 Å². The van der Waals surface area contributed by atoms with Gasteiger partial charge in [-0.25, -0.2) is 4.98 Å². The molecular weight excluding hydrogens is 328 g/mol. The fraction of sp³-hybridized carbons (Fsp3) is 0.400. The molecule has 3 rings (SSSR count). The van der Waals surface area contributed by atoms with Gasteiger partial charge < -0.3 is 4.57 Å². The smallest absolute Gasteiger partial charge is 0.133 e. The fourth-order valence-electron chi connectivity index (χ4n) is 3.60. The van der Waals surface area contributed by atoms with E-state index >= 15 is 0 Å². The summed E-state index contributed by atoms with van der Waals surface area (Å²) in [5, 5.41) is 0. The van der Waals surface area contributed by atoms with Crippen LogP contribution in [0.5, 0.6) is 0 Å². The monoisotopic (exact) mass is 360 g/mol. The minimum atomic E-state index is 1.05. The summed E-state index contributed by atoms with van der Waals surface area (Å²) < 4.78 is 2.38. The van der Waals surface area contributed by atoms with Gasteiger partial charge in [0.2, 0.25) is 0 Å². The highest BCUT2D eigenvalue weighted by Crippen LogP contribution is 2.19. The zero-order chi connectivity index (χ0) is 18.7. The molecule has 2 nitrogen and oxygen atoms in total. The van der Waals surface area contributed by atoms with E-state index in [4.69, 9.17) is 4.98 Å². The van der Waals surface area contributed by atoms with Gasteiger partial charge in [-0.05, 0) is 30.2 Å². The van der Waals surface area contributed by atoms with Crippen LogP contribution in [0, 0.1) is 0 Å². The molecule has 1 heterocycles. The Morgan fingerprint density at radius 2 is 1.41 bits per heavy atom. The Morgan fingerprint density at radius 1 is 0.741 bits per heavy atom. The molecule has 0 aliphatic rings. The number of aryl methyl sites for hydroxylation is 1. The lowest BCUT2D eigenvalue weighted by atomic mass is 10.1. The highest BCUT2D eigenvalue weighted by molar-refractivity contribution is 5.79. The van der Waals surface area contributed by atoms with Gasteiger partial charge in [0, 0.05) is 6.54 Å². The van der Waals surface area contributed by atoms with E-state index < -0.39 is 0 Å². The number of aromatic nitrogens is 2. The van der Waals surface area contributed by atoms with E-state index in [-0.39, 0.29) is 0 Å². The summed E-state index contributed by atoms with van der Waals surface area (Å²) in [7, 11) is 0. The highest BCUT2D eigenvalue weighted by atomic mass is 15.1. The number of para-hydroxylation sites is 2. The predicted molar refractivity (Wildman–Crippen MR) is 118 cm³/mol. The van der Waals surface area contributed by atoms with Gasteiger partial charge in [0.05, 0.1) is 11.0 Å². The number of rotatable bonds is 11. The van der Waals surface area contributed by atoms with Crippen LogP contribution in [-0.2, 0) is 6.54 Å². The van der Waals surface area contributed by atoms with E-state index in [0.29, 0.717) is 0 Å². The maximum Gasteiger partial charge on any atom is 0.133 e. The topological polar surface area (TPSA) is 17.8 Å². The Hall–Kier alpha value is -2.35. The van der Waals surface area contributed by atoms with Gasteiger partial charge in [0.1, 0.15) is 5.82 Å². The average molecular weight is 361 g/mol. The van der Waals surface area contributed by atoms with Crippen LogP contribution in [-0.4, -0.2) is 9.55 Å². The number of hydrogen-bond donors (Lipinski definition) is 0. The summed E-state index contributed by atoms with van der Waals surface area (Å²) >= 11 is 0. The first-order valence-electron chi connectivity index (χ1n) is 10.6. The van der Waals surface area contributed by atoms with Crippen molar-refractivity contribution in [3.05, 3.63) is 66.0 Å². The second-order valence-electron chi connectivity index (χ2n) is 7.33. The second-order valence-corrected chi connectivity index (χ2v) is 7.33. The van der Waals surface area contributed by atoms with Crippen molar-refractivity contribution in [3.8, 4) is 0 Å². The Morgan fingerprint density at radius 3 is 2.19 bits per heavy atom. The molecule has 0 atom stereocenters. The number of hydrogen-bond acceptors (Lipinski definition) is 1. The summed E-state index contributed by atoms with van der Waals surface area (Å²) in [6, 6.07) is 18.9. The highest BCUT2D eigenvalue weighted by Gasteiger charge is 2.07. The molecular formula is C25H32N2. The van der Waals surface area contributed by atoms with Crippen LogP contribution >= 0.6 is 0 Å². The van der Waals surface area contributed by atoms with Crippen molar-refractivity contribution in [1.29, 1.82) is 0 Å². The molecule has 0 saturated carbocycles. The van der Waals surface area contributed by atoms with E-state index in [1.807, 2.05) is 0 Å². The second kappa shape index (κ2) is 10.7. The Kier molecular flexibility index (Phi) is 7.70. The van der Waals surface area contributed by atoms with E-state index in [1.165, 1.54) is 62.4 Å². The maximum absolute atomic E-state index is 4.85. The van der Waals surface area contributed by atoms with E-state index in [0.717, 1.165) is 17.9 Å². The largest absolute Gasteiger partial charge is 0.324 e. The number of unbranched alkanes of at least 4 members (excludes halogenated alkanes) is 7. The molecule has 1 aromatic heterocycles. The average Bonchev–Trinajstić information content (AvgIpc) is 3.07. The summed E-state index contributed by atoms with van der Waals surface area (Å²) in [5.74, 6) is 1.06. The van der Waals surface area contributed by atoms with Crippen LogP contribution < -0.4 is 0 Å². The van der Waals surface area contributed by atoms with Crippen molar-refractivity contribution < 1.29 is 0 Å². The Labute approximate surface area is 163 Å². The Balaban J connectivity index is 1.62. The van der Waals surface area contributed by atoms with Crippen LogP contribution in [0.25, 0.3) is 23.2 Å². The predicted octanol–water partition coefficient (Wildman–Crippen LogP) is 7.35. The molecule has 0 saturated heterocycles. The SMILES string of the molecule is CCCCCCCCCCn1c(/C=C/c2ccccc2)nc2ccccc21. The van der Waals surface area contributed by atoms with Crippen molar-refractivity contribution in [2.24, 2.45) is 0 Å². The zero-order valence-electron chi connectivity index (χ0n) is 16.6. The molecule has 142 valence electrons. The lowest BCUT2D eigenvalue weighted by Crippen LogP contribution is -2.00. The van der Waals surface area contributed by atoms with Gasteiger partial charge in [-0.15, -0.1) is 0 Å². The lowest BCUT2D eigenvalue weighted by molar-refractivity contribution is 0.547. The minimum absolute atomic E-state index is 1.05. The van der Waals surface area contributed by atoms with Gasteiger partial charge in [-0.3, -0.25) is 0 Å². The first kappa shape index (κ1) is 19.4. The molecule has 27 heavy (non-hydrogen) atoms. The Bertz CT molecular complexity index is 830. The molecule has 0 unspecified atom stereocenters. The molecule has 2 aromatic carbocycles. The van der Waals surface area contributed by atoms with E-state index in [9.17, 15) is 0 Å². The molecule has 0 fully saturated rings. The number of imidazole rings is 1. The number of fused-ring (bicyclic) bond motifs is 1. The summed E-state index contributed by atoms with van der Waals surface area (Å²) in [4.78, 5) is 4.85.